The fourth-order valence-electron chi connectivity index (χ4n) is 12.9. The molecule has 0 amide bonds. The van der Waals surface area contributed by atoms with Crippen LogP contribution in [0.15, 0.2) is 243 Å². The number of anilines is 6. The minimum atomic E-state index is -1.48. The number of rotatable bonds is 10. The van der Waals surface area contributed by atoms with Crippen LogP contribution in [0.1, 0.15) is 0 Å². The fourth-order valence-corrected chi connectivity index (χ4v) is 15.3. The molecule has 15 rings (SSSR count). The molecule has 4 aromatic heterocycles. The van der Waals surface area contributed by atoms with Crippen LogP contribution in [-0.2, 0) is 0 Å². The predicted molar refractivity (Wildman–Crippen MR) is 342 cm³/mol. The first-order chi connectivity index (χ1) is 38.0. The highest BCUT2D eigenvalue weighted by molar-refractivity contribution is 6.89. The lowest BCUT2D eigenvalue weighted by molar-refractivity contribution is 1.30. The summed E-state index contributed by atoms with van der Waals surface area (Å²) in [5.41, 5.74) is 19.0. The Kier molecular flexibility index (Phi) is 10.3. The molecule has 0 unspecified atom stereocenters. The van der Waals surface area contributed by atoms with Crippen molar-refractivity contribution in [2.45, 2.75) is 39.3 Å². The molecule has 0 atom stereocenters. The molecule has 0 N–H and O–H groups in total. The molecule has 0 saturated carbocycles. The summed E-state index contributed by atoms with van der Waals surface area (Å²) >= 11 is 0. The first-order valence-electron chi connectivity index (χ1n) is 27.4. The first kappa shape index (κ1) is 46.4. The van der Waals surface area contributed by atoms with Gasteiger partial charge in [0.25, 0.3) is 0 Å². The smallest absolute Gasteiger partial charge is 0.0775 e. The van der Waals surface area contributed by atoms with Crippen LogP contribution in [0, 0.1) is 0 Å². The number of nitrogens with zero attached hydrogens (tertiary/aromatic N) is 4. The van der Waals surface area contributed by atoms with E-state index in [-0.39, 0.29) is 0 Å². The Morgan fingerprint density at radius 1 is 0.282 bits per heavy atom. The standard InChI is InChI=1S/C72H58N4Si2/c1-77(2,3)51-37-33-47(34-38-51)53-25-13-17-29-61(53)73(49-21-9-7-10-22-49)65-43-41-55-59-45-68-60(46-67(59)75-63-31-19-15-27-57(63)69(65)71(55)75)56-42-44-66(70-58-28-16-20-32-64(58)76(68)72(56)70)74(50-23-11-8-12-24-50)62-30-18-14-26-54(62)48-35-39-52(40-36-48)78(4,5)6/h7-46H,1-6H3. The highest BCUT2D eigenvalue weighted by Crippen LogP contribution is 2.52. The number of hydrogen-bond acceptors (Lipinski definition) is 2. The molecule has 4 nitrogen and oxygen atoms in total. The van der Waals surface area contributed by atoms with Crippen LogP contribution in [0.4, 0.5) is 34.1 Å². The van der Waals surface area contributed by atoms with Crippen LogP contribution in [0.25, 0.3) is 98.4 Å². The van der Waals surface area contributed by atoms with Gasteiger partial charge in [0.05, 0.1) is 72.0 Å². The van der Waals surface area contributed by atoms with Gasteiger partial charge in [-0.3, -0.25) is 0 Å². The zero-order chi connectivity index (χ0) is 52.6. The number of benzene rings is 11. The molecule has 0 bridgehead atoms. The van der Waals surface area contributed by atoms with Crippen molar-refractivity contribution in [1.82, 2.24) is 8.80 Å². The molecule has 0 aliphatic rings. The lowest BCUT2D eigenvalue weighted by Gasteiger charge is -2.29. The molecule has 0 spiro atoms. The van der Waals surface area contributed by atoms with E-state index in [2.05, 4.69) is 301 Å². The second-order valence-electron chi connectivity index (χ2n) is 23.3. The zero-order valence-corrected chi connectivity index (χ0v) is 46.9. The number of hydrogen-bond donors (Lipinski definition) is 0. The third-order valence-corrected chi connectivity index (χ3v) is 20.8. The number of aromatic nitrogens is 2. The van der Waals surface area contributed by atoms with E-state index in [9.17, 15) is 0 Å². The summed E-state index contributed by atoms with van der Waals surface area (Å²) < 4.78 is 5.12. The maximum absolute atomic E-state index is 2.56. The van der Waals surface area contributed by atoms with Crippen molar-refractivity contribution in [3.05, 3.63) is 243 Å². The van der Waals surface area contributed by atoms with Gasteiger partial charge in [0, 0.05) is 65.6 Å². The van der Waals surface area contributed by atoms with Crippen LogP contribution in [-0.4, -0.2) is 24.9 Å². The maximum Gasteiger partial charge on any atom is 0.0775 e. The van der Waals surface area contributed by atoms with E-state index < -0.39 is 16.1 Å². The van der Waals surface area contributed by atoms with Crippen LogP contribution in [0.2, 0.25) is 39.3 Å². The predicted octanol–water partition coefficient (Wildman–Crippen LogP) is 19.4. The van der Waals surface area contributed by atoms with Crippen molar-refractivity contribution < 1.29 is 0 Å². The minimum absolute atomic E-state index is 1.12. The Balaban J connectivity index is 0.971. The zero-order valence-electron chi connectivity index (χ0n) is 44.9. The summed E-state index contributed by atoms with van der Waals surface area (Å²) in [6, 6.07) is 91.1. The van der Waals surface area contributed by atoms with Crippen molar-refractivity contribution in [2.75, 3.05) is 9.80 Å². The van der Waals surface area contributed by atoms with E-state index in [0.717, 1.165) is 34.1 Å². The van der Waals surface area contributed by atoms with Crippen LogP contribution in [0.3, 0.4) is 0 Å². The van der Waals surface area contributed by atoms with Gasteiger partial charge in [0.15, 0.2) is 0 Å². The molecule has 374 valence electrons. The van der Waals surface area contributed by atoms with Crippen molar-refractivity contribution in [3.63, 3.8) is 0 Å². The normalized spacial score (nSPS) is 12.5. The Labute approximate surface area is 457 Å². The van der Waals surface area contributed by atoms with Crippen molar-refractivity contribution >= 4 is 137 Å². The van der Waals surface area contributed by atoms with Gasteiger partial charge in [-0.2, -0.15) is 0 Å². The van der Waals surface area contributed by atoms with Gasteiger partial charge in [-0.05, 0) is 83.9 Å². The molecule has 0 aliphatic carbocycles. The lowest BCUT2D eigenvalue weighted by Crippen LogP contribution is -2.37. The van der Waals surface area contributed by atoms with Gasteiger partial charge in [0.2, 0.25) is 0 Å². The fraction of sp³-hybridized carbons (Fsp3) is 0.0833. The van der Waals surface area contributed by atoms with Crippen LogP contribution >= 0.6 is 0 Å². The van der Waals surface area contributed by atoms with E-state index in [1.807, 2.05) is 0 Å². The van der Waals surface area contributed by atoms with Gasteiger partial charge in [-0.25, -0.2) is 0 Å². The topological polar surface area (TPSA) is 15.3 Å². The molecule has 0 saturated heterocycles. The van der Waals surface area contributed by atoms with E-state index in [1.54, 1.807) is 0 Å². The van der Waals surface area contributed by atoms with Crippen molar-refractivity contribution in [3.8, 4) is 22.3 Å². The van der Waals surface area contributed by atoms with Crippen LogP contribution in [0.5, 0.6) is 0 Å². The molecule has 4 heterocycles. The van der Waals surface area contributed by atoms with Crippen LogP contribution < -0.4 is 20.2 Å². The molecular formula is C72H58N4Si2. The summed E-state index contributed by atoms with van der Waals surface area (Å²) in [5, 5.41) is 12.9. The number of fused-ring (bicyclic) bond motifs is 12. The molecule has 11 aromatic carbocycles. The monoisotopic (exact) mass is 1030 g/mol. The SMILES string of the molecule is C[Si](C)(C)c1ccc(-c2ccccc2N(c2ccccc2)c2ccc3c4cc5c(cc4n4c6ccccc6c2c34)c2ccc(N(c3ccccc3)c3ccccc3-c3ccc([Si](C)(C)C)cc3)c3c4ccccc4n5c23)cc1. The third kappa shape index (κ3) is 6.96. The molecular weight excluding hydrogens is 977 g/mol. The summed E-state index contributed by atoms with van der Waals surface area (Å²) in [5.74, 6) is 0. The molecule has 78 heavy (non-hydrogen) atoms. The molecule has 0 aliphatic heterocycles. The van der Waals surface area contributed by atoms with Gasteiger partial charge in [0.1, 0.15) is 0 Å². The molecule has 0 radical (unpaired) electrons. The second-order valence-corrected chi connectivity index (χ2v) is 33.5. The van der Waals surface area contributed by atoms with E-state index in [0.29, 0.717) is 0 Å². The average molecular weight is 1040 g/mol. The van der Waals surface area contributed by atoms with E-state index >= 15 is 0 Å². The Morgan fingerprint density at radius 2 is 0.641 bits per heavy atom. The first-order valence-corrected chi connectivity index (χ1v) is 34.4. The quantitative estimate of drug-likeness (QED) is 0.127. The molecule has 6 heteroatoms. The van der Waals surface area contributed by atoms with Gasteiger partial charge >= 0.3 is 0 Å². The minimum Gasteiger partial charge on any atom is -0.309 e. The highest BCUT2D eigenvalue weighted by atomic mass is 28.3. The molecule has 15 aromatic rings. The average Bonchev–Trinajstić information content (AvgIpc) is 4.40. The summed E-state index contributed by atoms with van der Waals surface area (Å²) in [6.45, 7) is 14.5. The van der Waals surface area contributed by atoms with Gasteiger partial charge in [-0.15, -0.1) is 0 Å². The Morgan fingerprint density at radius 3 is 1.04 bits per heavy atom. The second kappa shape index (κ2) is 17.3. The van der Waals surface area contributed by atoms with E-state index in [4.69, 9.17) is 0 Å². The maximum atomic E-state index is 2.56. The molecule has 0 fully saturated rings. The number of para-hydroxylation sites is 6. The largest absolute Gasteiger partial charge is 0.309 e. The van der Waals surface area contributed by atoms with E-state index in [1.165, 1.54) is 109 Å². The Bertz CT molecular complexity index is 4490. The summed E-state index contributed by atoms with van der Waals surface area (Å²) in [6.07, 6.45) is 0. The summed E-state index contributed by atoms with van der Waals surface area (Å²) in [7, 11) is -2.97. The van der Waals surface area contributed by atoms with Crippen molar-refractivity contribution in [1.29, 1.82) is 0 Å². The van der Waals surface area contributed by atoms with Crippen molar-refractivity contribution in [2.24, 2.45) is 0 Å². The highest BCUT2D eigenvalue weighted by Gasteiger charge is 2.29. The Hall–Kier alpha value is -8.95. The third-order valence-electron chi connectivity index (χ3n) is 16.7. The summed E-state index contributed by atoms with van der Waals surface area (Å²) in [4.78, 5) is 5.00. The van der Waals surface area contributed by atoms with Gasteiger partial charge < -0.3 is 18.6 Å². The lowest BCUT2D eigenvalue weighted by atomic mass is 9.99. The van der Waals surface area contributed by atoms with Gasteiger partial charge in [-0.1, -0.05) is 220 Å².